The molecule has 3 heterocycles. The van der Waals surface area contributed by atoms with Crippen LogP contribution in [-0.2, 0) is 0 Å². The molecular weight excluding hydrogens is 377 g/mol. The number of halogens is 3. The van der Waals surface area contributed by atoms with E-state index in [-0.39, 0.29) is 11.6 Å². The van der Waals surface area contributed by atoms with E-state index in [1.54, 1.807) is 25.1 Å². The van der Waals surface area contributed by atoms with Gasteiger partial charge in [0.1, 0.15) is 28.5 Å². The zero-order valence-electron chi connectivity index (χ0n) is 14.7. The highest BCUT2D eigenvalue weighted by Crippen LogP contribution is 2.35. The van der Waals surface area contributed by atoms with Crippen molar-refractivity contribution in [1.29, 1.82) is 0 Å². The Bertz CT molecular complexity index is 1150. The van der Waals surface area contributed by atoms with Crippen molar-refractivity contribution in [3.8, 4) is 34.3 Å². The third kappa shape index (κ3) is 3.48. The van der Waals surface area contributed by atoms with Gasteiger partial charge in [0.05, 0.1) is 13.4 Å². The Labute approximate surface area is 156 Å². The van der Waals surface area contributed by atoms with Crippen molar-refractivity contribution in [2.45, 2.75) is 13.3 Å². The molecule has 0 saturated heterocycles. The van der Waals surface area contributed by atoms with E-state index in [0.717, 1.165) is 6.07 Å². The van der Waals surface area contributed by atoms with Crippen molar-refractivity contribution in [2.24, 2.45) is 0 Å². The van der Waals surface area contributed by atoms with Crippen LogP contribution >= 0.6 is 0 Å². The molecule has 4 rings (SSSR count). The zero-order valence-corrected chi connectivity index (χ0v) is 14.7. The number of alkyl halides is 3. The first-order chi connectivity index (χ1) is 13.3. The molecule has 0 atom stereocenters. The van der Waals surface area contributed by atoms with Gasteiger partial charge in [-0.25, -0.2) is 15.0 Å². The van der Waals surface area contributed by atoms with Gasteiger partial charge in [0.15, 0.2) is 17.2 Å². The molecule has 1 aromatic carbocycles. The molecule has 0 aliphatic heterocycles. The number of nitrogens with one attached hydrogen (secondary N) is 1. The molecule has 0 saturated carbocycles. The predicted molar refractivity (Wildman–Crippen MR) is 92.8 cm³/mol. The van der Waals surface area contributed by atoms with Crippen LogP contribution in [0.1, 0.15) is 5.76 Å². The van der Waals surface area contributed by atoms with E-state index in [2.05, 4.69) is 24.7 Å². The molecule has 10 heteroatoms. The monoisotopic (exact) mass is 390 g/mol. The number of hydrogen-bond donors (Lipinski definition) is 1. The summed E-state index contributed by atoms with van der Waals surface area (Å²) in [6, 6.07) is 7.36. The molecule has 0 radical (unpaired) electrons. The fourth-order valence-electron chi connectivity index (χ4n) is 2.73. The summed E-state index contributed by atoms with van der Waals surface area (Å²) in [5, 5.41) is 0. The SMILES string of the molecule is COc1cc(OC(F)(F)F)cc(-c2nc(-c3ccc(C)o3)nc3nc[nH]c23)c1. The van der Waals surface area contributed by atoms with Gasteiger partial charge in [-0.1, -0.05) is 0 Å². The number of methoxy groups -OCH3 is 1. The minimum Gasteiger partial charge on any atom is -0.497 e. The predicted octanol–water partition coefficient (Wildman–Crippen LogP) is 4.50. The van der Waals surface area contributed by atoms with Gasteiger partial charge in [-0.2, -0.15) is 0 Å². The van der Waals surface area contributed by atoms with E-state index in [4.69, 9.17) is 9.15 Å². The second-order valence-electron chi connectivity index (χ2n) is 5.85. The summed E-state index contributed by atoms with van der Waals surface area (Å²) in [5.41, 5.74) is 1.46. The van der Waals surface area contributed by atoms with Gasteiger partial charge in [0.25, 0.3) is 0 Å². The molecule has 3 aromatic heterocycles. The van der Waals surface area contributed by atoms with Gasteiger partial charge in [-0.05, 0) is 31.2 Å². The summed E-state index contributed by atoms with van der Waals surface area (Å²) < 4.78 is 52.8. The van der Waals surface area contributed by atoms with E-state index in [1.165, 1.54) is 19.5 Å². The van der Waals surface area contributed by atoms with Crippen LogP contribution in [0.5, 0.6) is 11.5 Å². The molecule has 0 fully saturated rings. The van der Waals surface area contributed by atoms with Crippen molar-refractivity contribution < 1.29 is 27.1 Å². The average molecular weight is 390 g/mol. The van der Waals surface area contributed by atoms with Gasteiger partial charge in [-0.15, -0.1) is 13.2 Å². The Kier molecular flexibility index (Phi) is 4.17. The fraction of sp³-hybridized carbons (Fsp3) is 0.167. The summed E-state index contributed by atoms with van der Waals surface area (Å²) in [4.78, 5) is 15.8. The van der Waals surface area contributed by atoms with Gasteiger partial charge in [-0.3, -0.25) is 0 Å². The number of hydrogen-bond acceptors (Lipinski definition) is 6. The molecule has 144 valence electrons. The maximum absolute atomic E-state index is 12.7. The van der Waals surface area contributed by atoms with E-state index in [1.807, 2.05) is 0 Å². The molecule has 0 unspecified atom stereocenters. The van der Waals surface area contributed by atoms with Gasteiger partial charge in [0.2, 0.25) is 0 Å². The highest BCUT2D eigenvalue weighted by atomic mass is 19.4. The van der Waals surface area contributed by atoms with Gasteiger partial charge < -0.3 is 18.9 Å². The number of nitrogens with zero attached hydrogens (tertiary/aromatic N) is 3. The number of aryl methyl sites for hydroxylation is 1. The Morgan fingerprint density at radius 2 is 1.86 bits per heavy atom. The van der Waals surface area contributed by atoms with Crippen LogP contribution in [0.2, 0.25) is 0 Å². The molecule has 0 spiro atoms. The van der Waals surface area contributed by atoms with E-state index in [9.17, 15) is 13.2 Å². The van der Waals surface area contributed by atoms with Gasteiger partial charge in [0, 0.05) is 11.6 Å². The van der Waals surface area contributed by atoms with E-state index >= 15 is 0 Å². The molecule has 1 N–H and O–H groups in total. The smallest absolute Gasteiger partial charge is 0.497 e. The highest BCUT2D eigenvalue weighted by Gasteiger charge is 2.31. The van der Waals surface area contributed by atoms with Crippen LogP contribution < -0.4 is 9.47 Å². The summed E-state index contributed by atoms with van der Waals surface area (Å²) in [7, 11) is 1.35. The molecule has 28 heavy (non-hydrogen) atoms. The topological polar surface area (TPSA) is 86.1 Å². The van der Waals surface area contributed by atoms with Crippen LogP contribution in [0.3, 0.4) is 0 Å². The molecule has 0 amide bonds. The highest BCUT2D eigenvalue weighted by molar-refractivity contribution is 5.89. The summed E-state index contributed by atoms with van der Waals surface area (Å²) in [5.74, 6) is 1.09. The average Bonchev–Trinajstić information content (AvgIpc) is 3.27. The molecular formula is C18H13F3N4O3. The molecule has 0 aliphatic rings. The second kappa shape index (κ2) is 6.55. The van der Waals surface area contributed by atoms with Crippen molar-refractivity contribution in [3.05, 3.63) is 42.4 Å². The van der Waals surface area contributed by atoms with E-state index in [0.29, 0.717) is 33.9 Å². The first-order valence-corrected chi connectivity index (χ1v) is 8.05. The number of rotatable bonds is 4. The van der Waals surface area contributed by atoms with E-state index < -0.39 is 12.1 Å². The van der Waals surface area contributed by atoms with Crippen molar-refractivity contribution in [1.82, 2.24) is 19.9 Å². The standard InChI is InChI=1S/C18H13F3N4O3/c1-9-3-4-13(27-9)16-24-14(15-17(25-16)23-8-22-15)10-5-11(26-2)7-12(6-10)28-18(19,20)21/h3-8H,1-2H3,(H,22,23,24,25). The number of furan rings is 1. The summed E-state index contributed by atoms with van der Waals surface area (Å²) in [6.07, 6.45) is -3.41. The quantitative estimate of drug-likeness (QED) is 0.552. The molecule has 4 aromatic rings. The van der Waals surface area contributed by atoms with Crippen molar-refractivity contribution >= 4 is 11.2 Å². The number of imidazole rings is 1. The summed E-state index contributed by atoms with van der Waals surface area (Å²) in [6.45, 7) is 1.78. The van der Waals surface area contributed by atoms with Crippen LogP contribution in [0, 0.1) is 6.92 Å². The number of aromatic nitrogens is 4. The largest absolute Gasteiger partial charge is 0.573 e. The van der Waals surface area contributed by atoms with Crippen molar-refractivity contribution in [3.63, 3.8) is 0 Å². The van der Waals surface area contributed by atoms with Crippen LogP contribution in [0.15, 0.2) is 41.1 Å². The van der Waals surface area contributed by atoms with Crippen LogP contribution in [0.4, 0.5) is 13.2 Å². The third-order valence-corrected chi connectivity index (χ3v) is 3.87. The molecule has 7 nitrogen and oxygen atoms in total. The lowest BCUT2D eigenvalue weighted by Gasteiger charge is -2.12. The second-order valence-corrected chi connectivity index (χ2v) is 5.85. The Hall–Kier alpha value is -3.56. The first-order valence-electron chi connectivity index (χ1n) is 8.05. The number of fused-ring (bicyclic) bond motifs is 1. The summed E-state index contributed by atoms with van der Waals surface area (Å²) >= 11 is 0. The minimum atomic E-state index is -4.84. The number of H-pyrrole nitrogens is 1. The van der Waals surface area contributed by atoms with Crippen LogP contribution in [0.25, 0.3) is 34.0 Å². The lowest BCUT2D eigenvalue weighted by Crippen LogP contribution is -2.17. The number of benzene rings is 1. The zero-order chi connectivity index (χ0) is 19.9. The fourth-order valence-corrected chi connectivity index (χ4v) is 2.73. The first kappa shape index (κ1) is 17.8. The molecule has 0 aliphatic carbocycles. The Balaban J connectivity index is 1.90. The number of ether oxygens (including phenoxy) is 2. The van der Waals surface area contributed by atoms with Gasteiger partial charge >= 0.3 is 6.36 Å². The molecule has 0 bridgehead atoms. The normalized spacial score (nSPS) is 11.8. The Morgan fingerprint density at radius 3 is 2.54 bits per heavy atom. The number of aromatic amines is 1. The minimum absolute atomic E-state index is 0.179. The third-order valence-electron chi connectivity index (χ3n) is 3.87. The maximum Gasteiger partial charge on any atom is 0.573 e. The van der Waals surface area contributed by atoms with Crippen molar-refractivity contribution in [2.75, 3.05) is 7.11 Å². The van der Waals surface area contributed by atoms with Crippen LogP contribution in [-0.4, -0.2) is 33.4 Å². The lowest BCUT2D eigenvalue weighted by atomic mass is 10.1. The maximum atomic E-state index is 12.7. The Morgan fingerprint density at radius 1 is 1.07 bits per heavy atom. The lowest BCUT2D eigenvalue weighted by molar-refractivity contribution is -0.274.